The first-order valence-electron chi connectivity index (χ1n) is 4.07. The Morgan fingerprint density at radius 3 is 2.62 bits per heavy atom. The standard InChI is InChI=1S/C10H10N2S/c1-11-10-6-9(7-13-10)8-2-4-12-5-3-8/h2-7,11H,1H3. The van der Waals surface area contributed by atoms with Crippen LogP contribution in [0.4, 0.5) is 5.00 Å². The molecular weight excluding hydrogens is 180 g/mol. The van der Waals surface area contributed by atoms with Gasteiger partial charge >= 0.3 is 0 Å². The second-order valence-corrected chi connectivity index (χ2v) is 3.60. The average molecular weight is 190 g/mol. The van der Waals surface area contributed by atoms with Crippen LogP contribution >= 0.6 is 11.3 Å². The van der Waals surface area contributed by atoms with Crippen molar-refractivity contribution in [1.82, 2.24) is 4.98 Å². The fourth-order valence-electron chi connectivity index (χ4n) is 1.16. The van der Waals surface area contributed by atoms with Crippen LogP contribution in [-0.2, 0) is 0 Å². The zero-order chi connectivity index (χ0) is 9.10. The summed E-state index contributed by atoms with van der Waals surface area (Å²) in [5, 5.41) is 6.45. The van der Waals surface area contributed by atoms with Crippen molar-refractivity contribution in [3.05, 3.63) is 36.0 Å². The summed E-state index contributed by atoms with van der Waals surface area (Å²) in [6, 6.07) is 6.17. The van der Waals surface area contributed by atoms with E-state index in [1.165, 1.54) is 16.1 Å². The Morgan fingerprint density at radius 1 is 1.23 bits per heavy atom. The van der Waals surface area contributed by atoms with Gasteiger partial charge in [-0.2, -0.15) is 0 Å². The minimum atomic E-state index is 1.19. The summed E-state index contributed by atoms with van der Waals surface area (Å²) in [6.07, 6.45) is 3.62. The van der Waals surface area contributed by atoms with Crippen LogP contribution < -0.4 is 5.32 Å². The molecule has 1 N–H and O–H groups in total. The van der Waals surface area contributed by atoms with Gasteiger partial charge in [0.25, 0.3) is 0 Å². The predicted octanol–water partition coefficient (Wildman–Crippen LogP) is 2.85. The molecule has 0 radical (unpaired) electrons. The molecule has 13 heavy (non-hydrogen) atoms. The number of aromatic nitrogens is 1. The van der Waals surface area contributed by atoms with Gasteiger partial charge in [-0.05, 0) is 29.3 Å². The van der Waals surface area contributed by atoms with Gasteiger partial charge in [0.05, 0.1) is 5.00 Å². The maximum atomic E-state index is 3.99. The van der Waals surface area contributed by atoms with Crippen molar-refractivity contribution >= 4 is 16.3 Å². The lowest BCUT2D eigenvalue weighted by atomic mass is 10.1. The Kier molecular flexibility index (Phi) is 2.27. The highest BCUT2D eigenvalue weighted by molar-refractivity contribution is 7.14. The molecule has 2 rings (SSSR count). The van der Waals surface area contributed by atoms with E-state index < -0.39 is 0 Å². The Hall–Kier alpha value is -1.35. The van der Waals surface area contributed by atoms with Gasteiger partial charge in [0.1, 0.15) is 0 Å². The molecule has 2 nitrogen and oxygen atoms in total. The summed E-state index contributed by atoms with van der Waals surface area (Å²) in [6.45, 7) is 0. The van der Waals surface area contributed by atoms with Gasteiger partial charge in [-0.25, -0.2) is 0 Å². The van der Waals surface area contributed by atoms with E-state index in [2.05, 4.69) is 21.7 Å². The molecule has 2 heterocycles. The quantitative estimate of drug-likeness (QED) is 0.787. The molecule has 2 aromatic rings. The summed E-state index contributed by atoms with van der Waals surface area (Å²) in [4.78, 5) is 3.99. The van der Waals surface area contributed by atoms with Crippen LogP contribution in [0.25, 0.3) is 11.1 Å². The van der Waals surface area contributed by atoms with E-state index in [9.17, 15) is 0 Å². The molecule has 0 saturated heterocycles. The van der Waals surface area contributed by atoms with Crippen molar-refractivity contribution in [2.45, 2.75) is 0 Å². The van der Waals surface area contributed by atoms with Crippen LogP contribution in [-0.4, -0.2) is 12.0 Å². The van der Waals surface area contributed by atoms with Crippen LogP contribution in [0.1, 0.15) is 0 Å². The first kappa shape index (κ1) is 8.26. The first-order valence-corrected chi connectivity index (χ1v) is 4.95. The van der Waals surface area contributed by atoms with Gasteiger partial charge in [0, 0.05) is 24.8 Å². The van der Waals surface area contributed by atoms with E-state index in [4.69, 9.17) is 0 Å². The van der Waals surface area contributed by atoms with Crippen molar-refractivity contribution < 1.29 is 0 Å². The smallest absolute Gasteiger partial charge is 0.0886 e. The number of hydrogen-bond donors (Lipinski definition) is 1. The van der Waals surface area contributed by atoms with Crippen LogP contribution in [0.15, 0.2) is 36.0 Å². The lowest BCUT2D eigenvalue weighted by Crippen LogP contribution is -1.81. The number of nitrogens with one attached hydrogen (secondary N) is 1. The molecule has 0 aliphatic rings. The Balaban J connectivity index is 2.36. The van der Waals surface area contributed by atoms with E-state index in [1.54, 1.807) is 11.3 Å². The Labute approximate surface area is 81.3 Å². The maximum Gasteiger partial charge on any atom is 0.0886 e. The number of pyridine rings is 1. The van der Waals surface area contributed by atoms with Crippen molar-refractivity contribution in [2.24, 2.45) is 0 Å². The minimum absolute atomic E-state index is 1.19. The van der Waals surface area contributed by atoms with Gasteiger partial charge in [0.2, 0.25) is 0 Å². The molecule has 0 aliphatic carbocycles. The average Bonchev–Trinajstić information content (AvgIpc) is 2.67. The molecule has 0 aromatic carbocycles. The highest BCUT2D eigenvalue weighted by Gasteiger charge is 1.99. The zero-order valence-electron chi connectivity index (χ0n) is 7.32. The lowest BCUT2D eigenvalue weighted by molar-refractivity contribution is 1.33. The molecule has 0 atom stereocenters. The summed E-state index contributed by atoms with van der Waals surface area (Å²) < 4.78 is 0. The lowest BCUT2D eigenvalue weighted by Gasteiger charge is -1.94. The van der Waals surface area contributed by atoms with E-state index in [-0.39, 0.29) is 0 Å². The van der Waals surface area contributed by atoms with Crippen LogP contribution in [0.3, 0.4) is 0 Å². The maximum absolute atomic E-state index is 3.99. The van der Waals surface area contributed by atoms with Gasteiger partial charge < -0.3 is 5.32 Å². The van der Waals surface area contributed by atoms with Gasteiger partial charge in [-0.15, -0.1) is 11.3 Å². The second kappa shape index (κ2) is 3.58. The van der Waals surface area contributed by atoms with E-state index >= 15 is 0 Å². The largest absolute Gasteiger partial charge is 0.380 e. The number of thiophene rings is 1. The van der Waals surface area contributed by atoms with Crippen molar-refractivity contribution in [3.8, 4) is 11.1 Å². The molecule has 0 aliphatic heterocycles. The normalized spacial score (nSPS) is 9.92. The number of hydrogen-bond acceptors (Lipinski definition) is 3. The van der Waals surface area contributed by atoms with E-state index in [0.29, 0.717) is 0 Å². The molecule has 0 saturated carbocycles. The highest BCUT2D eigenvalue weighted by Crippen LogP contribution is 2.27. The molecule has 0 spiro atoms. The molecular formula is C10H10N2S. The Bertz CT molecular complexity index is 381. The topological polar surface area (TPSA) is 24.9 Å². The van der Waals surface area contributed by atoms with Gasteiger partial charge in [-0.1, -0.05) is 0 Å². The highest BCUT2D eigenvalue weighted by atomic mass is 32.1. The van der Waals surface area contributed by atoms with Crippen LogP contribution in [0.2, 0.25) is 0 Å². The molecule has 0 bridgehead atoms. The summed E-state index contributed by atoms with van der Waals surface area (Å²) in [5.41, 5.74) is 2.46. The van der Waals surface area contributed by atoms with E-state index in [0.717, 1.165) is 0 Å². The number of anilines is 1. The number of rotatable bonds is 2. The molecule has 3 heteroatoms. The summed E-state index contributed by atoms with van der Waals surface area (Å²) >= 11 is 1.71. The SMILES string of the molecule is CNc1cc(-c2ccncc2)cs1. The zero-order valence-corrected chi connectivity index (χ0v) is 8.14. The minimum Gasteiger partial charge on any atom is -0.380 e. The Morgan fingerprint density at radius 2 is 2.00 bits per heavy atom. The van der Waals surface area contributed by atoms with E-state index in [1.807, 2.05) is 31.6 Å². The molecule has 66 valence electrons. The fourth-order valence-corrected chi connectivity index (χ4v) is 1.93. The number of nitrogens with zero attached hydrogens (tertiary/aromatic N) is 1. The molecule has 0 amide bonds. The third-order valence-electron chi connectivity index (χ3n) is 1.86. The van der Waals surface area contributed by atoms with Crippen LogP contribution in [0.5, 0.6) is 0 Å². The third-order valence-corrected chi connectivity index (χ3v) is 2.81. The van der Waals surface area contributed by atoms with Crippen molar-refractivity contribution in [1.29, 1.82) is 0 Å². The molecule has 0 unspecified atom stereocenters. The summed E-state index contributed by atoms with van der Waals surface area (Å²) in [5.74, 6) is 0. The third kappa shape index (κ3) is 1.70. The molecule has 0 fully saturated rings. The van der Waals surface area contributed by atoms with Crippen molar-refractivity contribution in [3.63, 3.8) is 0 Å². The first-order chi connectivity index (χ1) is 6.40. The fraction of sp³-hybridized carbons (Fsp3) is 0.100. The summed E-state index contributed by atoms with van der Waals surface area (Å²) in [7, 11) is 1.93. The van der Waals surface area contributed by atoms with Gasteiger partial charge in [0.15, 0.2) is 0 Å². The predicted molar refractivity (Wildman–Crippen MR) is 57.1 cm³/mol. The van der Waals surface area contributed by atoms with Gasteiger partial charge in [-0.3, -0.25) is 4.98 Å². The van der Waals surface area contributed by atoms with Crippen LogP contribution in [0, 0.1) is 0 Å². The van der Waals surface area contributed by atoms with Crippen molar-refractivity contribution in [2.75, 3.05) is 12.4 Å². The molecule has 2 aromatic heterocycles. The second-order valence-electron chi connectivity index (χ2n) is 2.69. The monoisotopic (exact) mass is 190 g/mol.